The van der Waals surface area contributed by atoms with Crippen LogP contribution < -0.4 is 5.73 Å². The standard InChI is InChI=1S/C19H38N2O/c1-4-5-6-7-8-9-10-11-12-15-19(2,3)18(20)21-16-13-14-17(21)22/h18H,4-16,20H2,1-3H3. The number of rotatable bonds is 12. The van der Waals surface area contributed by atoms with E-state index in [2.05, 4.69) is 20.8 Å². The molecule has 1 aliphatic rings. The predicted molar refractivity (Wildman–Crippen MR) is 94.5 cm³/mol. The Labute approximate surface area is 138 Å². The smallest absolute Gasteiger partial charge is 0.223 e. The highest BCUT2D eigenvalue weighted by Gasteiger charge is 2.35. The van der Waals surface area contributed by atoms with Gasteiger partial charge < -0.3 is 10.6 Å². The second-order valence-electron chi connectivity index (χ2n) is 7.70. The highest BCUT2D eigenvalue weighted by Crippen LogP contribution is 2.31. The molecule has 0 radical (unpaired) electrons. The number of nitrogens with two attached hydrogens (primary N) is 1. The van der Waals surface area contributed by atoms with E-state index in [1.54, 1.807) is 0 Å². The SMILES string of the molecule is CCCCCCCCCCCC(C)(C)C(N)N1CCCC1=O. The maximum absolute atomic E-state index is 11.8. The minimum Gasteiger partial charge on any atom is -0.327 e. The normalized spacial score (nSPS) is 17.3. The molecule has 1 rings (SSSR count). The minimum atomic E-state index is -0.114. The molecular weight excluding hydrogens is 272 g/mol. The Morgan fingerprint density at radius 2 is 1.59 bits per heavy atom. The third-order valence-corrected chi connectivity index (χ3v) is 5.17. The van der Waals surface area contributed by atoms with E-state index in [0.29, 0.717) is 6.42 Å². The Kier molecular flexibility index (Phi) is 9.08. The first-order valence-electron chi connectivity index (χ1n) is 9.54. The quantitative estimate of drug-likeness (QED) is 0.524. The molecule has 0 saturated carbocycles. The van der Waals surface area contributed by atoms with E-state index in [9.17, 15) is 4.79 Å². The van der Waals surface area contributed by atoms with Crippen LogP contribution in [0.5, 0.6) is 0 Å². The fourth-order valence-electron chi connectivity index (χ4n) is 3.42. The Morgan fingerprint density at radius 1 is 1.05 bits per heavy atom. The zero-order valence-electron chi connectivity index (χ0n) is 15.2. The Bertz CT molecular complexity index is 315. The van der Waals surface area contributed by atoms with Crippen LogP contribution in [0.25, 0.3) is 0 Å². The van der Waals surface area contributed by atoms with Crippen LogP contribution in [-0.2, 0) is 4.79 Å². The average molecular weight is 311 g/mol. The number of hydrogen-bond donors (Lipinski definition) is 1. The fraction of sp³-hybridized carbons (Fsp3) is 0.947. The van der Waals surface area contributed by atoms with E-state index in [0.717, 1.165) is 19.4 Å². The molecule has 0 aromatic carbocycles. The summed E-state index contributed by atoms with van der Waals surface area (Å²) in [5, 5.41) is 0. The first kappa shape index (κ1) is 19.5. The molecule has 130 valence electrons. The summed E-state index contributed by atoms with van der Waals surface area (Å²) in [6.45, 7) is 7.55. The first-order chi connectivity index (χ1) is 10.5. The summed E-state index contributed by atoms with van der Waals surface area (Å²) in [6, 6.07) is 0. The van der Waals surface area contributed by atoms with E-state index < -0.39 is 0 Å². The van der Waals surface area contributed by atoms with Gasteiger partial charge >= 0.3 is 0 Å². The van der Waals surface area contributed by atoms with Gasteiger partial charge in [-0.3, -0.25) is 4.79 Å². The van der Waals surface area contributed by atoms with Crippen LogP contribution in [0.2, 0.25) is 0 Å². The molecule has 0 aliphatic carbocycles. The maximum Gasteiger partial charge on any atom is 0.223 e. The summed E-state index contributed by atoms with van der Waals surface area (Å²) < 4.78 is 0. The number of hydrogen-bond acceptors (Lipinski definition) is 2. The Hall–Kier alpha value is -0.570. The lowest BCUT2D eigenvalue weighted by atomic mass is 9.83. The number of carbonyl (C=O) groups is 1. The number of carbonyl (C=O) groups excluding carboxylic acids is 1. The molecule has 1 amide bonds. The zero-order valence-corrected chi connectivity index (χ0v) is 15.2. The number of nitrogens with zero attached hydrogens (tertiary/aromatic N) is 1. The number of likely N-dealkylation sites (tertiary alicyclic amines) is 1. The van der Waals surface area contributed by atoms with Gasteiger partial charge in [0, 0.05) is 13.0 Å². The van der Waals surface area contributed by atoms with Gasteiger partial charge in [-0.05, 0) is 18.3 Å². The van der Waals surface area contributed by atoms with Crippen molar-refractivity contribution in [2.24, 2.45) is 11.1 Å². The van der Waals surface area contributed by atoms with Gasteiger partial charge in [-0.1, -0.05) is 78.6 Å². The largest absolute Gasteiger partial charge is 0.327 e. The topological polar surface area (TPSA) is 46.3 Å². The molecule has 3 nitrogen and oxygen atoms in total. The molecular formula is C19H38N2O. The van der Waals surface area contributed by atoms with Gasteiger partial charge in [0.25, 0.3) is 0 Å². The molecule has 1 unspecified atom stereocenters. The summed E-state index contributed by atoms with van der Waals surface area (Å²) in [7, 11) is 0. The highest BCUT2D eigenvalue weighted by molar-refractivity contribution is 5.78. The summed E-state index contributed by atoms with van der Waals surface area (Å²) in [6.07, 6.45) is 14.8. The molecule has 3 heteroatoms. The van der Waals surface area contributed by atoms with E-state index in [1.165, 1.54) is 57.8 Å². The van der Waals surface area contributed by atoms with E-state index >= 15 is 0 Å². The van der Waals surface area contributed by atoms with Crippen molar-refractivity contribution in [3.8, 4) is 0 Å². The van der Waals surface area contributed by atoms with Gasteiger partial charge in [0.2, 0.25) is 5.91 Å². The van der Waals surface area contributed by atoms with Gasteiger partial charge in [-0.2, -0.15) is 0 Å². The van der Waals surface area contributed by atoms with E-state index in [4.69, 9.17) is 5.73 Å². The lowest BCUT2D eigenvalue weighted by Gasteiger charge is -2.37. The van der Waals surface area contributed by atoms with Crippen LogP contribution >= 0.6 is 0 Å². The van der Waals surface area contributed by atoms with Gasteiger partial charge in [0.05, 0.1) is 6.17 Å². The average Bonchev–Trinajstić information content (AvgIpc) is 2.90. The Morgan fingerprint density at radius 3 is 2.09 bits per heavy atom. The van der Waals surface area contributed by atoms with Crippen molar-refractivity contribution in [2.75, 3.05) is 6.54 Å². The molecule has 0 bridgehead atoms. The maximum atomic E-state index is 11.8. The van der Waals surface area contributed by atoms with Gasteiger partial charge in [0.1, 0.15) is 0 Å². The number of unbranched alkanes of at least 4 members (excludes halogenated alkanes) is 8. The van der Waals surface area contributed by atoms with Crippen LogP contribution in [0.4, 0.5) is 0 Å². The second-order valence-corrected chi connectivity index (χ2v) is 7.70. The van der Waals surface area contributed by atoms with Gasteiger partial charge in [-0.15, -0.1) is 0 Å². The zero-order chi connectivity index (χ0) is 16.4. The second kappa shape index (κ2) is 10.3. The van der Waals surface area contributed by atoms with Crippen molar-refractivity contribution in [3.63, 3.8) is 0 Å². The lowest BCUT2D eigenvalue weighted by molar-refractivity contribution is -0.131. The molecule has 1 atom stereocenters. The molecule has 0 aromatic heterocycles. The molecule has 1 fully saturated rings. The van der Waals surface area contributed by atoms with Crippen molar-refractivity contribution in [2.45, 2.75) is 104 Å². The Balaban J connectivity index is 2.10. The summed E-state index contributed by atoms with van der Waals surface area (Å²) >= 11 is 0. The highest BCUT2D eigenvalue weighted by atomic mass is 16.2. The first-order valence-corrected chi connectivity index (χ1v) is 9.54. The third kappa shape index (κ3) is 6.68. The van der Waals surface area contributed by atoms with Crippen LogP contribution in [0.1, 0.15) is 97.8 Å². The lowest BCUT2D eigenvalue weighted by Crippen LogP contribution is -2.51. The van der Waals surface area contributed by atoms with Crippen LogP contribution in [0, 0.1) is 5.41 Å². The van der Waals surface area contributed by atoms with Crippen LogP contribution in [0.3, 0.4) is 0 Å². The summed E-state index contributed by atoms with van der Waals surface area (Å²) in [4.78, 5) is 13.7. The van der Waals surface area contributed by atoms with Crippen molar-refractivity contribution in [1.29, 1.82) is 0 Å². The van der Waals surface area contributed by atoms with E-state index in [1.807, 2.05) is 4.90 Å². The minimum absolute atomic E-state index is 0.0289. The van der Waals surface area contributed by atoms with Crippen molar-refractivity contribution < 1.29 is 4.79 Å². The number of amides is 1. The van der Waals surface area contributed by atoms with Crippen LogP contribution in [0.15, 0.2) is 0 Å². The van der Waals surface area contributed by atoms with Gasteiger partial charge in [-0.25, -0.2) is 0 Å². The molecule has 2 N–H and O–H groups in total. The molecule has 22 heavy (non-hydrogen) atoms. The third-order valence-electron chi connectivity index (χ3n) is 5.17. The molecule has 0 spiro atoms. The van der Waals surface area contributed by atoms with Crippen molar-refractivity contribution >= 4 is 5.91 Å². The molecule has 0 aromatic rings. The van der Waals surface area contributed by atoms with Crippen molar-refractivity contribution in [3.05, 3.63) is 0 Å². The van der Waals surface area contributed by atoms with Crippen molar-refractivity contribution in [1.82, 2.24) is 4.90 Å². The summed E-state index contributed by atoms with van der Waals surface area (Å²) in [5.41, 5.74) is 6.39. The monoisotopic (exact) mass is 310 g/mol. The molecule has 1 heterocycles. The predicted octanol–water partition coefficient (Wildman–Crippen LogP) is 4.84. The van der Waals surface area contributed by atoms with Crippen LogP contribution in [-0.4, -0.2) is 23.5 Å². The van der Waals surface area contributed by atoms with E-state index in [-0.39, 0.29) is 17.5 Å². The molecule has 1 saturated heterocycles. The fourth-order valence-corrected chi connectivity index (χ4v) is 3.42. The summed E-state index contributed by atoms with van der Waals surface area (Å²) in [5.74, 6) is 0.243. The molecule has 1 aliphatic heterocycles. The van der Waals surface area contributed by atoms with Gasteiger partial charge in [0.15, 0.2) is 0 Å².